The predicted molar refractivity (Wildman–Crippen MR) is 46.9 cm³/mol. The van der Waals surface area contributed by atoms with E-state index in [1.165, 1.54) is 0 Å². The zero-order chi connectivity index (χ0) is 9.26. The quantitative estimate of drug-likeness (QED) is 0.715. The molecule has 1 aromatic heterocycles. The molecule has 0 saturated heterocycles. The van der Waals surface area contributed by atoms with Gasteiger partial charge >= 0.3 is 0 Å². The van der Waals surface area contributed by atoms with Crippen LogP contribution in [-0.4, -0.2) is 5.11 Å². The summed E-state index contributed by atoms with van der Waals surface area (Å²) in [6.45, 7) is -0.115. The summed E-state index contributed by atoms with van der Waals surface area (Å²) in [4.78, 5) is 0. The van der Waals surface area contributed by atoms with E-state index in [4.69, 9.17) is 14.8 Å². The van der Waals surface area contributed by atoms with E-state index >= 15 is 0 Å². The Morgan fingerprint density at radius 1 is 1.38 bits per heavy atom. The standard InChI is InChI=1S/C10H7NO2/c11-5-7-1-2-8-4-9(6-12)13-10(8)3-7/h1-4,12H,6H2. The molecule has 1 aromatic carbocycles. The molecule has 0 atom stereocenters. The van der Waals surface area contributed by atoms with Crippen molar-refractivity contribution in [2.45, 2.75) is 6.61 Å². The highest BCUT2D eigenvalue weighted by atomic mass is 16.4. The first-order valence-corrected chi connectivity index (χ1v) is 3.87. The van der Waals surface area contributed by atoms with E-state index in [0.29, 0.717) is 16.9 Å². The molecule has 0 fully saturated rings. The van der Waals surface area contributed by atoms with Crippen LogP contribution in [0.25, 0.3) is 11.0 Å². The summed E-state index contributed by atoms with van der Waals surface area (Å²) in [6, 6.07) is 8.97. The molecule has 0 unspecified atom stereocenters. The third-order valence-corrected chi connectivity index (χ3v) is 1.86. The second-order valence-corrected chi connectivity index (χ2v) is 2.74. The molecule has 64 valence electrons. The SMILES string of the molecule is N#Cc1ccc2cc(CO)oc2c1. The third-order valence-electron chi connectivity index (χ3n) is 1.86. The summed E-state index contributed by atoms with van der Waals surface area (Å²) >= 11 is 0. The topological polar surface area (TPSA) is 57.2 Å². The monoisotopic (exact) mass is 173 g/mol. The predicted octanol–water partition coefficient (Wildman–Crippen LogP) is 1.80. The fourth-order valence-corrected chi connectivity index (χ4v) is 1.23. The molecule has 13 heavy (non-hydrogen) atoms. The van der Waals surface area contributed by atoms with Crippen molar-refractivity contribution in [2.24, 2.45) is 0 Å². The molecule has 1 N–H and O–H groups in total. The molecule has 0 aliphatic carbocycles. The average Bonchev–Trinajstić information content (AvgIpc) is 2.58. The van der Waals surface area contributed by atoms with Gasteiger partial charge in [-0.25, -0.2) is 0 Å². The number of fused-ring (bicyclic) bond motifs is 1. The first kappa shape index (κ1) is 7.84. The summed E-state index contributed by atoms with van der Waals surface area (Å²) in [5, 5.41) is 18.3. The Kier molecular flexibility index (Phi) is 1.76. The minimum atomic E-state index is -0.115. The Hall–Kier alpha value is -1.79. The number of aliphatic hydroxyl groups is 1. The zero-order valence-electron chi connectivity index (χ0n) is 6.82. The van der Waals surface area contributed by atoms with Crippen LogP contribution in [0.5, 0.6) is 0 Å². The minimum Gasteiger partial charge on any atom is -0.459 e. The second-order valence-electron chi connectivity index (χ2n) is 2.74. The summed E-state index contributed by atoms with van der Waals surface area (Å²) < 4.78 is 5.26. The van der Waals surface area contributed by atoms with Gasteiger partial charge in [-0.2, -0.15) is 5.26 Å². The van der Waals surface area contributed by atoms with Gasteiger partial charge in [0.1, 0.15) is 18.0 Å². The molecule has 0 aliphatic heterocycles. The molecular formula is C10H7NO2. The van der Waals surface area contributed by atoms with Crippen LogP contribution < -0.4 is 0 Å². The number of hydrogen-bond acceptors (Lipinski definition) is 3. The van der Waals surface area contributed by atoms with Crippen LogP contribution in [-0.2, 0) is 6.61 Å². The van der Waals surface area contributed by atoms with Gasteiger partial charge in [0.15, 0.2) is 0 Å². The van der Waals surface area contributed by atoms with E-state index in [9.17, 15) is 0 Å². The number of benzene rings is 1. The Balaban J connectivity index is 2.65. The van der Waals surface area contributed by atoms with E-state index < -0.39 is 0 Å². The molecule has 0 aliphatic rings. The van der Waals surface area contributed by atoms with Crippen molar-refractivity contribution in [3.63, 3.8) is 0 Å². The number of nitrogens with zero attached hydrogens (tertiary/aromatic N) is 1. The molecule has 3 nitrogen and oxygen atoms in total. The van der Waals surface area contributed by atoms with E-state index in [-0.39, 0.29) is 6.61 Å². The largest absolute Gasteiger partial charge is 0.459 e. The first-order valence-electron chi connectivity index (χ1n) is 3.87. The highest BCUT2D eigenvalue weighted by Gasteiger charge is 2.02. The zero-order valence-corrected chi connectivity index (χ0v) is 6.82. The van der Waals surface area contributed by atoms with Gasteiger partial charge < -0.3 is 9.52 Å². The van der Waals surface area contributed by atoms with Crippen molar-refractivity contribution in [3.05, 3.63) is 35.6 Å². The fourth-order valence-electron chi connectivity index (χ4n) is 1.23. The molecule has 1 heterocycles. The van der Waals surface area contributed by atoms with Crippen LogP contribution in [0.2, 0.25) is 0 Å². The Morgan fingerprint density at radius 3 is 2.92 bits per heavy atom. The molecule has 0 saturated carbocycles. The van der Waals surface area contributed by atoms with Gasteiger partial charge in [-0.3, -0.25) is 0 Å². The normalized spacial score (nSPS) is 10.2. The van der Waals surface area contributed by atoms with Crippen LogP contribution in [0.15, 0.2) is 28.7 Å². The van der Waals surface area contributed by atoms with Crippen LogP contribution in [0.3, 0.4) is 0 Å². The molecule has 0 amide bonds. The van der Waals surface area contributed by atoms with E-state index in [0.717, 1.165) is 5.39 Å². The van der Waals surface area contributed by atoms with Crippen molar-refractivity contribution in [1.82, 2.24) is 0 Å². The number of furan rings is 1. The summed E-state index contributed by atoms with van der Waals surface area (Å²) in [5.41, 5.74) is 1.20. The summed E-state index contributed by atoms with van der Waals surface area (Å²) in [7, 11) is 0. The number of rotatable bonds is 1. The second kappa shape index (κ2) is 2.92. The lowest BCUT2D eigenvalue weighted by Crippen LogP contribution is -1.72. The van der Waals surface area contributed by atoms with Crippen molar-refractivity contribution in [3.8, 4) is 6.07 Å². The highest BCUT2D eigenvalue weighted by Crippen LogP contribution is 2.20. The Bertz CT molecular complexity index is 479. The van der Waals surface area contributed by atoms with Gasteiger partial charge in [0.05, 0.1) is 11.6 Å². The van der Waals surface area contributed by atoms with E-state index in [1.807, 2.05) is 6.07 Å². The third kappa shape index (κ3) is 1.28. The molecular weight excluding hydrogens is 166 g/mol. The Morgan fingerprint density at radius 2 is 2.23 bits per heavy atom. The van der Waals surface area contributed by atoms with Crippen LogP contribution in [0.4, 0.5) is 0 Å². The van der Waals surface area contributed by atoms with Gasteiger partial charge in [-0.1, -0.05) is 0 Å². The van der Waals surface area contributed by atoms with Gasteiger partial charge in [0.25, 0.3) is 0 Å². The van der Waals surface area contributed by atoms with Gasteiger partial charge in [0, 0.05) is 5.39 Å². The molecule has 0 radical (unpaired) electrons. The maximum Gasteiger partial charge on any atom is 0.135 e. The molecule has 3 heteroatoms. The number of aliphatic hydroxyl groups excluding tert-OH is 1. The summed E-state index contributed by atoms with van der Waals surface area (Å²) in [5.74, 6) is 0.519. The lowest BCUT2D eigenvalue weighted by Gasteiger charge is -1.87. The van der Waals surface area contributed by atoms with Crippen LogP contribution in [0, 0.1) is 11.3 Å². The minimum absolute atomic E-state index is 0.115. The van der Waals surface area contributed by atoms with E-state index in [1.54, 1.807) is 24.3 Å². The van der Waals surface area contributed by atoms with Gasteiger partial charge in [-0.15, -0.1) is 0 Å². The maximum atomic E-state index is 8.81. The number of hydrogen-bond donors (Lipinski definition) is 1. The van der Waals surface area contributed by atoms with Crippen molar-refractivity contribution in [1.29, 1.82) is 5.26 Å². The first-order chi connectivity index (χ1) is 6.33. The van der Waals surface area contributed by atoms with Crippen LogP contribution in [0.1, 0.15) is 11.3 Å². The highest BCUT2D eigenvalue weighted by molar-refractivity contribution is 5.79. The number of nitriles is 1. The molecule has 0 spiro atoms. The molecule has 2 aromatic rings. The maximum absolute atomic E-state index is 8.81. The van der Waals surface area contributed by atoms with Gasteiger partial charge in [-0.05, 0) is 24.3 Å². The van der Waals surface area contributed by atoms with E-state index in [2.05, 4.69) is 0 Å². The molecule has 0 bridgehead atoms. The average molecular weight is 173 g/mol. The van der Waals surface area contributed by atoms with Gasteiger partial charge in [0.2, 0.25) is 0 Å². The Labute approximate surface area is 74.8 Å². The van der Waals surface area contributed by atoms with Crippen molar-refractivity contribution in [2.75, 3.05) is 0 Å². The molecule has 2 rings (SSSR count). The van der Waals surface area contributed by atoms with Crippen molar-refractivity contribution >= 4 is 11.0 Å². The lowest BCUT2D eigenvalue weighted by molar-refractivity contribution is 0.251. The smallest absolute Gasteiger partial charge is 0.135 e. The lowest BCUT2D eigenvalue weighted by atomic mass is 10.2. The van der Waals surface area contributed by atoms with Crippen LogP contribution >= 0.6 is 0 Å². The summed E-state index contributed by atoms with van der Waals surface area (Å²) in [6.07, 6.45) is 0. The fraction of sp³-hybridized carbons (Fsp3) is 0.100. The van der Waals surface area contributed by atoms with Crippen molar-refractivity contribution < 1.29 is 9.52 Å².